The number of benzene rings is 1. The van der Waals surface area contributed by atoms with Crippen molar-refractivity contribution >= 4 is 5.69 Å². The van der Waals surface area contributed by atoms with Crippen molar-refractivity contribution in [3.05, 3.63) is 52.3 Å². The second-order valence-corrected chi connectivity index (χ2v) is 2.55. The summed E-state index contributed by atoms with van der Waals surface area (Å²) in [4.78, 5) is 9.78. The highest BCUT2D eigenvalue weighted by molar-refractivity contribution is 5.44. The summed E-state index contributed by atoms with van der Waals surface area (Å²) in [6.45, 7) is 1.44. The molecule has 0 spiro atoms. The van der Waals surface area contributed by atoms with Crippen LogP contribution in [0.3, 0.4) is 0 Å². The van der Waals surface area contributed by atoms with E-state index in [1.54, 1.807) is 0 Å². The van der Waals surface area contributed by atoms with Crippen molar-refractivity contribution in [3.8, 4) is 0 Å². The molecule has 0 amide bonds. The van der Waals surface area contributed by atoms with Crippen LogP contribution in [0.5, 0.6) is 0 Å². The van der Waals surface area contributed by atoms with Gasteiger partial charge >= 0.3 is 0 Å². The number of nitrogens with one attached hydrogen (secondary N) is 1. The van der Waals surface area contributed by atoms with Crippen LogP contribution in [0.1, 0.15) is 6.92 Å². The number of hydrogen-bond acceptors (Lipinski definition) is 3. The molecule has 1 aromatic carbocycles. The molecule has 68 valence electrons. The van der Waals surface area contributed by atoms with Gasteiger partial charge in [-0.25, -0.2) is 0 Å². The van der Waals surface area contributed by atoms with Gasteiger partial charge in [-0.05, 0) is 12.1 Å². The van der Waals surface area contributed by atoms with E-state index in [4.69, 9.17) is 0 Å². The maximum Gasteiger partial charge on any atom is 0.258 e. The van der Waals surface area contributed by atoms with Gasteiger partial charge in [-0.3, -0.25) is 10.1 Å². The fourth-order valence-electron chi connectivity index (χ4n) is 0.775. The Morgan fingerprint density at radius 3 is 2.62 bits per heavy atom. The molecule has 0 unspecified atom stereocenters. The van der Waals surface area contributed by atoms with Gasteiger partial charge in [0.25, 0.3) is 5.70 Å². The highest BCUT2D eigenvalue weighted by atomic mass is 16.6. The van der Waals surface area contributed by atoms with Gasteiger partial charge in [-0.2, -0.15) is 0 Å². The number of anilines is 1. The molecule has 0 fully saturated rings. The van der Waals surface area contributed by atoms with Gasteiger partial charge < -0.3 is 5.32 Å². The molecular formula is C9H10N2O2. The molecule has 0 aliphatic heterocycles. The molecule has 1 rings (SSSR count). The summed E-state index contributed by atoms with van der Waals surface area (Å²) >= 11 is 0. The van der Waals surface area contributed by atoms with Gasteiger partial charge in [0.1, 0.15) is 0 Å². The van der Waals surface area contributed by atoms with Crippen molar-refractivity contribution in [1.82, 2.24) is 0 Å². The second kappa shape index (κ2) is 4.25. The van der Waals surface area contributed by atoms with Crippen molar-refractivity contribution in [2.45, 2.75) is 6.92 Å². The summed E-state index contributed by atoms with van der Waals surface area (Å²) in [5.41, 5.74) is 0.924. The zero-order valence-electron chi connectivity index (χ0n) is 7.23. The van der Waals surface area contributed by atoms with E-state index in [0.29, 0.717) is 0 Å². The van der Waals surface area contributed by atoms with Crippen LogP contribution in [0, 0.1) is 10.1 Å². The third-order valence-corrected chi connectivity index (χ3v) is 1.51. The predicted octanol–water partition coefficient (Wildman–Crippen LogP) is 2.24. The molecule has 1 N–H and O–H groups in total. The number of para-hydroxylation sites is 1. The van der Waals surface area contributed by atoms with Crippen LogP contribution in [0.4, 0.5) is 5.69 Å². The topological polar surface area (TPSA) is 55.2 Å². The Kier molecular flexibility index (Phi) is 3.03. The van der Waals surface area contributed by atoms with Crippen LogP contribution in [-0.4, -0.2) is 4.92 Å². The lowest BCUT2D eigenvalue weighted by atomic mass is 10.3. The number of nitro groups is 1. The number of nitrogens with zero attached hydrogens (tertiary/aromatic N) is 1. The van der Waals surface area contributed by atoms with E-state index in [9.17, 15) is 10.1 Å². The molecule has 0 heterocycles. The average molecular weight is 178 g/mol. The smallest absolute Gasteiger partial charge is 0.258 e. The van der Waals surface area contributed by atoms with Crippen molar-refractivity contribution in [3.63, 3.8) is 0 Å². The van der Waals surface area contributed by atoms with Crippen molar-refractivity contribution < 1.29 is 4.92 Å². The van der Waals surface area contributed by atoms with Gasteiger partial charge in [0.2, 0.25) is 0 Å². The van der Waals surface area contributed by atoms with E-state index in [0.717, 1.165) is 5.69 Å². The third-order valence-electron chi connectivity index (χ3n) is 1.51. The quantitative estimate of drug-likeness (QED) is 0.570. The molecule has 0 aliphatic carbocycles. The van der Waals surface area contributed by atoms with Gasteiger partial charge in [0.05, 0.1) is 11.1 Å². The molecule has 4 heteroatoms. The van der Waals surface area contributed by atoms with E-state index in [1.165, 1.54) is 13.1 Å². The van der Waals surface area contributed by atoms with Gasteiger partial charge in [0, 0.05) is 12.6 Å². The lowest BCUT2D eigenvalue weighted by molar-refractivity contribution is -0.424. The Bertz CT molecular complexity index is 320. The monoisotopic (exact) mass is 178 g/mol. The molecule has 1 aromatic rings. The third kappa shape index (κ3) is 2.94. The van der Waals surface area contributed by atoms with Crippen LogP contribution in [-0.2, 0) is 0 Å². The van der Waals surface area contributed by atoms with Crippen LogP contribution in [0.15, 0.2) is 42.2 Å². The zero-order chi connectivity index (χ0) is 9.68. The van der Waals surface area contributed by atoms with Crippen molar-refractivity contribution in [2.24, 2.45) is 0 Å². The van der Waals surface area contributed by atoms with Gasteiger partial charge in [-0.15, -0.1) is 0 Å². The first-order valence-corrected chi connectivity index (χ1v) is 3.83. The largest absolute Gasteiger partial charge is 0.356 e. The molecule has 0 bridgehead atoms. The van der Waals surface area contributed by atoms with Crippen LogP contribution in [0.2, 0.25) is 0 Å². The number of rotatable bonds is 3. The van der Waals surface area contributed by atoms with Crippen LogP contribution in [0.25, 0.3) is 0 Å². The highest BCUT2D eigenvalue weighted by Gasteiger charge is 1.99. The van der Waals surface area contributed by atoms with E-state index in [1.807, 2.05) is 30.3 Å². The summed E-state index contributed by atoms with van der Waals surface area (Å²) in [5, 5.41) is 13.0. The van der Waals surface area contributed by atoms with Crippen molar-refractivity contribution in [2.75, 3.05) is 5.32 Å². The van der Waals surface area contributed by atoms with Crippen LogP contribution < -0.4 is 5.32 Å². The normalized spacial score (nSPS) is 11.0. The first-order chi connectivity index (χ1) is 6.20. The lowest BCUT2D eigenvalue weighted by Gasteiger charge is -1.98. The lowest BCUT2D eigenvalue weighted by Crippen LogP contribution is -1.97. The SMILES string of the molecule is C/C(=C/Nc1ccccc1)[N+](=O)[O-]. The molecule has 4 nitrogen and oxygen atoms in total. The fourth-order valence-corrected chi connectivity index (χ4v) is 0.775. The summed E-state index contributed by atoms with van der Waals surface area (Å²) in [6, 6.07) is 9.28. The number of allylic oxidation sites excluding steroid dienone is 1. The number of hydrogen-bond donors (Lipinski definition) is 1. The van der Waals surface area contributed by atoms with Gasteiger partial charge in [0.15, 0.2) is 0 Å². The Balaban J connectivity index is 2.62. The highest BCUT2D eigenvalue weighted by Crippen LogP contribution is 2.05. The summed E-state index contributed by atoms with van der Waals surface area (Å²) in [5.74, 6) is 0. The Morgan fingerprint density at radius 2 is 2.08 bits per heavy atom. The molecule has 0 saturated heterocycles. The minimum absolute atomic E-state index is 0.0869. The molecule has 0 atom stereocenters. The first kappa shape index (κ1) is 9.25. The zero-order valence-corrected chi connectivity index (χ0v) is 7.23. The maximum absolute atomic E-state index is 10.2. The minimum atomic E-state index is -0.435. The molecule has 0 saturated carbocycles. The fraction of sp³-hybridized carbons (Fsp3) is 0.111. The summed E-state index contributed by atoms with van der Waals surface area (Å²) < 4.78 is 0. The molecule has 0 aliphatic rings. The Morgan fingerprint density at radius 1 is 1.46 bits per heavy atom. The van der Waals surface area contributed by atoms with E-state index in [2.05, 4.69) is 5.32 Å². The molecule has 0 radical (unpaired) electrons. The Hall–Kier alpha value is -1.84. The van der Waals surface area contributed by atoms with Crippen molar-refractivity contribution in [1.29, 1.82) is 0 Å². The van der Waals surface area contributed by atoms with E-state index < -0.39 is 4.92 Å². The molecule has 13 heavy (non-hydrogen) atoms. The average Bonchev–Trinajstić information content (AvgIpc) is 2.15. The molecular weight excluding hydrogens is 168 g/mol. The van der Waals surface area contributed by atoms with Gasteiger partial charge in [-0.1, -0.05) is 18.2 Å². The molecule has 0 aromatic heterocycles. The minimum Gasteiger partial charge on any atom is -0.356 e. The van der Waals surface area contributed by atoms with E-state index in [-0.39, 0.29) is 5.70 Å². The van der Waals surface area contributed by atoms with Crippen LogP contribution >= 0.6 is 0 Å². The summed E-state index contributed by atoms with van der Waals surface area (Å²) in [7, 11) is 0. The Labute approximate surface area is 76.0 Å². The maximum atomic E-state index is 10.2. The predicted molar refractivity (Wildman–Crippen MR) is 50.8 cm³/mol. The summed E-state index contributed by atoms with van der Waals surface area (Å²) in [6.07, 6.45) is 1.37. The van der Waals surface area contributed by atoms with E-state index >= 15 is 0 Å². The standard InChI is InChI=1S/C9H10N2O2/c1-8(11(12)13)7-10-9-5-3-2-4-6-9/h2-7,10H,1H3/b8-7-. The first-order valence-electron chi connectivity index (χ1n) is 3.83. The second-order valence-electron chi connectivity index (χ2n) is 2.55.